The summed E-state index contributed by atoms with van der Waals surface area (Å²) in [4.78, 5) is 0. The molecular formula is C13H20Cl2OSi. The summed E-state index contributed by atoms with van der Waals surface area (Å²) in [5, 5.41) is 1.80. The average Bonchev–Trinajstić information content (AvgIpc) is 2.13. The number of halogens is 2. The number of hydrogen-bond acceptors (Lipinski definition) is 1. The molecule has 1 aromatic carbocycles. The predicted octanol–water partition coefficient (Wildman–Crippen LogP) is 4.30. The second-order valence-corrected chi connectivity index (χ2v) is 12.5. The molecule has 1 aromatic rings. The van der Waals surface area contributed by atoms with Crippen LogP contribution in [0.15, 0.2) is 12.1 Å². The van der Waals surface area contributed by atoms with Gasteiger partial charge in [0.1, 0.15) is 5.75 Å². The molecule has 0 saturated heterocycles. The van der Waals surface area contributed by atoms with Crippen molar-refractivity contribution >= 4 is 35.3 Å². The highest BCUT2D eigenvalue weighted by Gasteiger charge is 2.30. The van der Waals surface area contributed by atoms with E-state index in [2.05, 4.69) is 33.9 Å². The van der Waals surface area contributed by atoms with Gasteiger partial charge in [0.25, 0.3) is 0 Å². The van der Waals surface area contributed by atoms with Gasteiger partial charge >= 0.3 is 0 Å². The summed E-state index contributed by atoms with van der Waals surface area (Å²) in [5.74, 6) is 0.897. The lowest BCUT2D eigenvalue weighted by Gasteiger charge is -2.27. The minimum absolute atomic E-state index is 0.0124. The number of ether oxygens (including phenoxy) is 1. The molecule has 0 heterocycles. The molecule has 1 rings (SSSR count). The van der Waals surface area contributed by atoms with Crippen LogP contribution >= 0.6 is 22.7 Å². The van der Waals surface area contributed by atoms with Gasteiger partial charge in [0, 0.05) is 10.6 Å². The summed E-state index contributed by atoms with van der Waals surface area (Å²) in [7, 11) is -0.284. The number of hydrogen-bond donors (Lipinski definition) is 0. The zero-order valence-corrected chi connectivity index (χ0v) is 13.8. The Balaban J connectivity index is 3.58. The van der Waals surface area contributed by atoms with Crippen LogP contribution in [0.5, 0.6) is 5.75 Å². The zero-order chi connectivity index (χ0) is 13.4. The first kappa shape index (κ1) is 14.9. The fourth-order valence-corrected chi connectivity index (χ4v) is 3.82. The molecule has 0 aliphatic rings. The van der Waals surface area contributed by atoms with Crippen LogP contribution in [-0.4, -0.2) is 14.5 Å². The largest absolute Gasteiger partial charge is 0.497 e. The molecule has 0 aliphatic heterocycles. The molecule has 0 unspecified atom stereocenters. The number of rotatable bonds is 2. The molecule has 0 atom stereocenters. The standard InChI is InChI=1S/C13H20Cl2OSi/c1-13(2,3)10-7-9(14)8-11(12(10)16-4)17(5,6)15/h7-8H,1-6H3. The van der Waals surface area contributed by atoms with Gasteiger partial charge in [-0.2, -0.15) is 11.1 Å². The molecule has 0 aliphatic carbocycles. The van der Waals surface area contributed by atoms with Crippen molar-refractivity contribution in [1.82, 2.24) is 0 Å². The van der Waals surface area contributed by atoms with E-state index in [0.717, 1.165) is 21.5 Å². The van der Waals surface area contributed by atoms with E-state index in [0.29, 0.717) is 0 Å². The number of benzene rings is 1. The average molecular weight is 291 g/mol. The summed E-state index contributed by atoms with van der Waals surface area (Å²) in [5.41, 5.74) is 1.10. The smallest absolute Gasteiger partial charge is 0.185 e. The van der Waals surface area contributed by atoms with Crippen LogP contribution in [0.2, 0.25) is 18.1 Å². The highest BCUT2D eigenvalue weighted by Crippen LogP contribution is 2.34. The summed E-state index contributed by atoms with van der Waals surface area (Å²) in [6, 6.07) is 3.91. The van der Waals surface area contributed by atoms with Gasteiger partial charge in [-0.3, -0.25) is 0 Å². The quantitative estimate of drug-likeness (QED) is 0.583. The lowest BCUT2D eigenvalue weighted by Crippen LogP contribution is -2.37. The van der Waals surface area contributed by atoms with Gasteiger partial charge in [-0.05, 0) is 22.7 Å². The first-order chi connectivity index (χ1) is 7.57. The highest BCUT2D eigenvalue weighted by molar-refractivity contribution is 7.26. The van der Waals surface area contributed by atoms with Crippen molar-refractivity contribution in [2.75, 3.05) is 7.11 Å². The Bertz CT molecular complexity index is 381. The van der Waals surface area contributed by atoms with Gasteiger partial charge < -0.3 is 4.74 Å². The number of methoxy groups -OCH3 is 1. The summed E-state index contributed by atoms with van der Waals surface area (Å²) in [6.07, 6.45) is 0. The van der Waals surface area contributed by atoms with Crippen LogP contribution in [0.4, 0.5) is 0 Å². The molecule has 0 aromatic heterocycles. The van der Waals surface area contributed by atoms with Crippen LogP contribution in [0.1, 0.15) is 26.3 Å². The third-order valence-corrected chi connectivity index (χ3v) is 5.19. The first-order valence-electron chi connectivity index (χ1n) is 5.65. The van der Waals surface area contributed by atoms with Gasteiger partial charge in [0.15, 0.2) is 7.38 Å². The molecule has 96 valence electrons. The molecular weight excluding hydrogens is 271 g/mol. The summed E-state index contributed by atoms with van der Waals surface area (Å²) >= 11 is 12.7. The highest BCUT2D eigenvalue weighted by atomic mass is 35.6. The van der Waals surface area contributed by atoms with E-state index in [9.17, 15) is 0 Å². The van der Waals surface area contributed by atoms with Crippen molar-refractivity contribution in [3.63, 3.8) is 0 Å². The molecule has 0 radical (unpaired) electrons. The Kier molecular flexibility index (Phi) is 4.23. The third kappa shape index (κ3) is 3.40. The Morgan fingerprint density at radius 3 is 2.06 bits per heavy atom. The minimum atomic E-state index is -1.98. The molecule has 0 N–H and O–H groups in total. The molecule has 0 bridgehead atoms. The fraction of sp³-hybridized carbons (Fsp3) is 0.538. The Morgan fingerprint density at radius 1 is 1.18 bits per heavy atom. The van der Waals surface area contributed by atoms with Crippen LogP contribution in [0, 0.1) is 0 Å². The van der Waals surface area contributed by atoms with Gasteiger partial charge in [-0.1, -0.05) is 45.5 Å². The van der Waals surface area contributed by atoms with Crippen molar-refractivity contribution in [2.45, 2.75) is 39.3 Å². The van der Waals surface area contributed by atoms with E-state index in [4.69, 9.17) is 27.4 Å². The van der Waals surface area contributed by atoms with Gasteiger partial charge in [0.2, 0.25) is 0 Å². The molecule has 17 heavy (non-hydrogen) atoms. The van der Waals surface area contributed by atoms with Crippen molar-refractivity contribution in [3.05, 3.63) is 22.7 Å². The maximum atomic E-state index is 6.54. The molecule has 0 spiro atoms. The van der Waals surface area contributed by atoms with Crippen molar-refractivity contribution in [2.24, 2.45) is 0 Å². The second-order valence-electron chi connectivity index (χ2n) is 5.76. The SMILES string of the molecule is COc1c(C(C)(C)C)cc(Cl)cc1[Si](C)(C)Cl. The monoisotopic (exact) mass is 290 g/mol. The minimum Gasteiger partial charge on any atom is -0.497 e. The summed E-state index contributed by atoms with van der Waals surface area (Å²) < 4.78 is 5.58. The van der Waals surface area contributed by atoms with Crippen LogP contribution < -0.4 is 9.92 Å². The van der Waals surface area contributed by atoms with E-state index in [-0.39, 0.29) is 5.41 Å². The van der Waals surface area contributed by atoms with Crippen LogP contribution in [-0.2, 0) is 5.41 Å². The molecule has 0 saturated carbocycles. The lowest BCUT2D eigenvalue weighted by atomic mass is 9.86. The Labute approximate surface area is 115 Å². The second kappa shape index (κ2) is 4.83. The van der Waals surface area contributed by atoms with E-state index in [1.54, 1.807) is 7.11 Å². The predicted molar refractivity (Wildman–Crippen MR) is 79.7 cm³/mol. The molecule has 4 heteroatoms. The Morgan fingerprint density at radius 2 is 1.71 bits per heavy atom. The third-order valence-electron chi connectivity index (χ3n) is 2.71. The normalized spacial score (nSPS) is 12.7. The zero-order valence-electron chi connectivity index (χ0n) is 11.3. The van der Waals surface area contributed by atoms with Crippen LogP contribution in [0.25, 0.3) is 0 Å². The van der Waals surface area contributed by atoms with Gasteiger partial charge in [-0.25, -0.2) is 0 Å². The van der Waals surface area contributed by atoms with Gasteiger partial charge in [0.05, 0.1) is 7.11 Å². The Hall–Kier alpha value is -0.183. The van der Waals surface area contributed by atoms with Crippen LogP contribution in [0.3, 0.4) is 0 Å². The van der Waals surface area contributed by atoms with E-state index in [1.807, 2.05) is 12.1 Å². The maximum absolute atomic E-state index is 6.54. The molecule has 0 fully saturated rings. The van der Waals surface area contributed by atoms with Crippen molar-refractivity contribution in [3.8, 4) is 5.75 Å². The summed E-state index contributed by atoms with van der Waals surface area (Å²) in [6.45, 7) is 10.6. The molecule has 0 amide bonds. The van der Waals surface area contributed by atoms with E-state index in [1.165, 1.54) is 0 Å². The van der Waals surface area contributed by atoms with Crippen molar-refractivity contribution < 1.29 is 4.74 Å². The lowest BCUT2D eigenvalue weighted by molar-refractivity contribution is 0.401. The fourth-order valence-electron chi connectivity index (χ4n) is 1.81. The van der Waals surface area contributed by atoms with E-state index >= 15 is 0 Å². The maximum Gasteiger partial charge on any atom is 0.185 e. The topological polar surface area (TPSA) is 9.23 Å². The molecule has 1 nitrogen and oxygen atoms in total. The van der Waals surface area contributed by atoms with E-state index < -0.39 is 7.38 Å². The van der Waals surface area contributed by atoms with Crippen molar-refractivity contribution in [1.29, 1.82) is 0 Å². The first-order valence-corrected chi connectivity index (χ1v) is 10.0. The van der Waals surface area contributed by atoms with Gasteiger partial charge in [-0.15, -0.1) is 0 Å².